The summed E-state index contributed by atoms with van der Waals surface area (Å²) in [6.07, 6.45) is 15.0. The SMILES string of the molecule is CCC[CH2][Sn]([C-]=CC=[C-]C=O)([CH2]CCC)[CH2]CCC.[Y]. The van der Waals surface area contributed by atoms with Gasteiger partial charge in [0.15, 0.2) is 0 Å². The van der Waals surface area contributed by atoms with Gasteiger partial charge in [0.25, 0.3) is 0 Å². The Kier molecular flexibility index (Phi) is 19.2. The number of unbranched alkanes of at least 4 members (excludes halogenated alkanes) is 3. The third-order valence-corrected chi connectivity index (χ3v) is 17.1. The molecule has 0 fully saturated rings. The summed E-state index contributed by atoms with van der Waals surface area (Å²) in [6, 6.07) is 0. The minimum absolute atomic E-state index is 0. The Bertz CT molecular complexity index is 252. The molecule has 0 amide bonds. The number of hydrogen-bond acceptors (Lipinski definition) is 1. The Balaban J connectivity index is 0. The summed E-state index contributed by atoms with van der Waals surface area (Å²) in [4.78, 5) is 10.3. The zero-order valence-corrected chi connectivity index (χ0v) is 19.3. The van der Waals surface area contributed by atoms with E-state index in [0.29, 0.717) is 0 Å². The van der Waals surface area contributed by atoms with Crippen LogP contribution >= 0.6 is 0 Å². The topological polar surface area (TPSA) is 17.1 Å². The van der Waals surface area contributed by atoms with Gasteiger partial charge in [-0.3, -0.25) is 0 Å². The number of hydrogen-bond donors (Lipinski definition) is 0. The van der Waals surface area contributed by atoms with Crippen molar-refractivity contribution in [3.8, 4) is 0 Å². The summed E-state index contributed by atoms with van der Waals surface area (Å²) in [6.45, 7) is 6.83. The van der Waals surface area contributed by atoms with E-state index in [9.17, 15) is 4.79 Å². The predicted octanol–water partition coefficient (Wildman–Crippen LogP) is 5.29. The second kappa shape index (κ2) is 16.4. The Hall–Kier alpha value is 1.05. The maximum Gasteiger partial charge on any atom is 0 e. The minimum atomic E-state index is -2.23. The first kappa shape index (κ1) is 23.3. The molecule has 0 aromatic rings. The maximum absolute atomic E-state index is 10.3. The fraction of sp³-hybridized carbons (Fsp3) is 0.706. The van der Waals surface area contributed by atoms with Crippen LogP contribution in [0.1, 0.15) is 59.3 Å². The molecule has 0 aliphatic rings. The molecule has 3 heteroatoms. The van der Waals surface area contributed by atoms with E-state index >= 15 is 0 Å². The molecule has 1 nitrogen and oxygen atoms in total. The Morgan fingerprint density at radius 3 is 1.65 bits per heavy atom. The molecule has 0 unspecified atom stereocenters. The van der Waals surface area contributed by atoms with Gasteiger partial charge in [-0.05, 0) is 0 Å². The van der Waals surface area contributed by atoms with Crippen molar-refractivity contribution in [2.45, 2.75) is 72.6 Å². The average Bonchev–Trinajstić information content (AvgIpc) is 2.44. The molecule has 0 aliphatic heterocycles. The second-order valence-electron chi connectivity index (χ2n) is 5.35. The molecule has 0 rings (SSSR count). The first-order chi connectivity index (χ1) is 9.24. The quantitative estimate of drug-likeness (QED) is 0.128. The van der Waals surface area contributed by atoms with E-state index in [1.807, 2.05) is 6.08 Å². The van der Waals surface area contributed by atoms with Gasteiger partial charge < -0.3 is 0 Å². The summed E-state index contributed by atoms with van der Waals surface area (Å²) in [5, 5.41) is 0. The van der Waals surface area contributed by atoms with Crippen LogP contribution in [0.2, 0.25) is 13.3 Å². The van der Waals surface area contributed by atoms with Crippen molar-refractivity contribution < 1.29 is 37.5 Å². The number of rotatable bonds is 12. The van der Waals surface area contributed by atoms with Crippen molar-refractivity contribution in [1.82, 2.24) is 0 Å². The van der Waals surface area contributed by atoms with Crippen LogP contribution < -0.4 is 0 Å². The van der Waals surface area contributed by atoms with E-state index in [1.165, 1.54) is 51.8 Å². The molecule has 20 heavy (non-hydrogen) atoms. The first-order valence-electron chi connectivity index (χ1n) is 7.87. The summed E-state index contributed by atoms with van der Waals surface area (Å²) in [5.41, 5.74) is 0. The zero-order valence-electron chi connectivity index (χ0n) is 13.6. The third-order valence-electron chi connectivity index (χ3n) is 3.66. The normalized spacial score (nSPS) is 11.9. The molecule has 0 saturated carbocycles. The van der Waals surface area contributed by atoms with E-state index in [1.54, 1.807) is 6.08 Å². The fourth-order valence-electron chi connectivity index (χ4n) is 2.44. The van der Waals surface area contributed by atoms with Crippen molar-refractivity contribution in [1.29, 1.82) is 0 Å². The van der Waals surface area contributed by atoms with E-state index in [-0.39, 0.29) is 32.7 Å². The van der Waals surface area contributed by atoms with Gasteiger partial charge >= 0.3 is 124 Å². The van der Waals surface area contributed by atoms with Crippen LogP contribution in [0, 0.1) is 10.2 Å². The van der Waals surface area contributed by atoms with Crippen LogP contribution in [0.4, 0.5) is 0 Å². The minimum Gasteiger partial charge on any atom is 0 e. The summed E-state index contributed by atoms with van der Waals surface area (Å²) < 4.78 is 8.06. The Morgan fingerprint density at radius 1 is 0.850 bits per heavy atom. The molecular formula is C17H30OSnY-2. The Labute approximate surface area is 155 Å². The second-order valence-corrected chi connectivity index (χ2v) is 17.8. The molecule has 0 aromatic heterocycles. The molecule has 113 valence electrons. The van der Waals surface area contributed by atoms with Crippen molar-refractivity contribution in [3.05, 3.63) is 22.3 Å². The van der Waals surface area contributed by atoms with Crippen LogP contribution in [-0.4, -0.2) is 24.7 Å². The van der Waals surface area contributed by atoms with Gasteiger partial charge in [-0.25, -0.2) is 0 Å². The van der Waals surface area contributed by atoms with E-state index < -0.39 is 18.4 Å². The number of allylic oxidation sites excluding steroid dienone is 3. The smallest absolute Gasteiger partial charge is 0 e. The standard InChI is InChI=1S/C5H3O.3C4H9.Sn.Y/c1-2-3-4-5-6;3*1-3-4-2;;/h2-3,5H;3*1,3-4H2,2H3;;/q-2;;;;;. The van der Waals surface area contributed by atoms with Crippen LogP contribution in [0.15, 0.2) is 12.2 Å². The van der Waals surface area contributed by atoms with E-state index in [4.69, 9.17) is 0 Å². The van der Waals surface area contributed by atoms with Crippen molar-refractivity contribution in [2.75, 3.05) is 0 Å². The predicted molar refractivity (Wildman–Crippen MR) is 86.6 cm³/mol. The van der Waals surface area contributed by atoms with Gasteiger partial charge in [0.05, 0.1) is 0 Å². The van der Waals surface area contributed by atoms with Crippen LogP contribution in [0.25, 0.3) is 0 Å². The van der Waals surface area contributed by atoms with Gasteiger partial charge in [0.1, 0.15) is 0 Å². The molecule has 0 heterocycles. The molecule has 0 N–H and O–H groups in total. The Morgan fingerprint density at radius 2 is 1.30 bits per heavy atom. The molecule has 0 aliphatic carbocycles. The molecule has 0 atom stereocenters. The van der Waals surface area contributed by atoms with Crippen molar-refractivity contribution in [3.63, 3.8) is 0 Å². The van der Waals surface area contributed by atoms with Crippen LogP contribution in [-0.2, 0) is 37.5 Å². The van der Waals surface area contributed by atoms with Gasteiger partial charge in [0.2, 0.25) is 0 Å². The largest absolute Gasteiger partial charge is 0 e. The third kappa shape index (κ3) is 11.7. The van der Waals surface area contributed by atoms with Crippen LogP contribution in [0.5, 0.6) is 0 Å². The molecule has 0 bridgehead atoms. The summed E-state index contributed by atoms with van der Waals surface area (Å²) in [5.74, 6) is 0. The van der Waals surface area contributed by atoms with Gasteiger partial charge in [-0.2, -0.15) is 0 Å². The monoisotopic (exact) mass is 459 g/mol. The van der Waals surface area contributed by atoms with E-state index in [0.717, 1.165) is 6.29 Å². The molecular weight excluding hydrogens is 428 g/mol. The molecule has 0 saturated heterocycles. The van der Waals surface area contributed by atoms with Crippen molar-refractivity contribution in [2.24, 2.45) is 0 Å². The molecule has 0 spiro atoms. The fourth-order valence-corrected chi connectivity index (χ4v) is 15.9. The number of aldehydes is 1. The maximum atomic E-state index is 10.3. The van der Waals surface area contributed by atoms with Crippen molar-refractivity contribution >= 4 is 24.7 Å². The summed E-state index contributed by atoms with van der Waals surface area (Å²) >= 11 is -2.23. The molecule has 0 aromatic carbocycles. The van der Waals surface area contributed by atoms with Crippen LogP contribution in [0.3, 0.4) is 0 Å². The zero-order chi connectivity index (χ0) is 14.4. The first-order valence-corrected chi connectivity index (χ1v) is 15.3. The number of carbonyl (C=O) groups is 1. The van der Waals surface area contributed by atoms with Gasteiger partial charge in [-0.15, -0.1) is 0 Å². The average molecular weight is 458 g/mol. The van der Waals surface area contributed by atoms with Gasteiger partial charge in [-0.1, -0.05) is 0 Å². The number of carbonyl (C=O) groups excluding carboxylic acids is 1. The van der Waals surface area contributed by atoms with Gasteiger partial charge in [0, 0.05) is 32.7 Å². The summed E-state index contributed by atoms with van der Waals surface area (Å²) in [7, 11) is 0. The molecule has 1 radical (unpaired) electrons. The van der Waals surface area contributed by atoms with E-state index in [2.05, 4.69) is 30.9 Å².